The Kier molecular flexibility index (Phi) is 3.37. The maximum Gasteiger partial charge on any atom is 0.0314 e. The molecule has 1 aromatic carbocycles. The third-order valence-electron chi connectivity index (χ3n) is 2.80. The monoisotopic (exact) mass is 221 g/mol. The third kappa shape index (κ3) is 2.56. The first kappa shape index (κ1) is 11.0. The Morgan fingerprint density at radius 2 is 2.27 bits per heavy atom. The summed E-state index contributed by atoms with van der Waals surface area (Å²) in [7, 11) is 0. The van der Waals surface area contributed by atoms with Crippen LogP contribution in [0.25, 0.3) is 0 Å². The molecule has 0 aliphatic carbocycles. The summed E-state index contributed by atoms with van der Waals surface area (Å²) in [6.45, 7) is 4.52. The standard InChI is InChI=1S/C13H19NS/c1-9(2)7-10-3-4-13-11(8-10)12(14)5-6-15-13/h3-4,8-9,12H,5-7,14H2,1-2H3. The molecule has 2 heteroatoms. The molecule has 1 unspecified atom stereocenters. The molecule has 1 heterocycles. The van der Waals surface area contributed by atoms with Crippen molar-refractivity contribution in [3.8, 4) is 0 Å². The second-order valence-corrected chi connectivity index (χ2v) is 5.85. The van der Waals surface area contributed by atoms with Crippen molar-refractivity contribution in [1.29, 1.82) is 0 Å². The summed E-state index contributed by atoms with van der Waals surface area (Å²) in [6.07, 6.45) is 2.27. The minimum Gasteiger partial charge on any atom is -0.324 e. The highest BCUT2D eigenvalue weighted by molar-refractivity contribution is 7.99. The van der Waals surface area contributed by atoms with Gasteiger partial charge in [-0.25, -0.2) is 0 Å². The van der Waals surface area contributed by atoms with Gasteiger partial charge in [0.25, 0.3) is 0 Å². The first-order valence-corrected chi connectivity index (χ1v) is 6.66. The zero-order chi connectivity index (χ0) is 10.8. The molecule has 2 N–H and O–H groups in total. The molecular formula is C13H19NS. The smallest absolute Gasteiger partial charge is 0.0314 e. The lowest BCUT2D eigenvalue weighted by Gasteiger charge is -2.22. The molecule has 0 bridgehead atoms. The fourth-order valence-electron chi connectivity index (χ4n) is 2.07. The molecule has 0 spiro atoms. The largest absolute Gasteiger partial charge is 0.324 e. The summed E-state index contributed by atoms with van der Waals surface area (Å²) < 4.78 is 0. The van der Waals surface area contributed by atoms with Crippen molar-refractivity contribution in [3.05, 3.63) is 29.3 Å². The summed E-state index contributed by atoms with van der Waals surface area (Å²) in [5, 5.41) is 0. The van der Waals surface area contributed by atoms with Gasteiger partial charge in [-0.2, -0.15) is 0 Å². The number of fused-ring (bicyclic) bond motifs is 1. The number of hydrogen-bond acceptors (Lipinski definition) is 2. The quantitative estimate of drug-likeness (QED) is 0.828. The first-order chi connectivity index (χ1) is 7.16. The molecule has 0 aromatic heterocycles. The van der Waals surface area contributed by atoms with E-state index in [0.717, 1.165) is 24.5 Å². The topological polar surface area (TPSA) is 26.0 Å². The van der Waals surface area contributed by atoms with Crippen LogP contribution in [0.1, 0.15) is 37.4 Å². The molecular weight excluding hydrogens is 202 g/mol. The number of hydrogen-bond donors (Lipinski definition) is 1. The highest BCUT2D eigenvalue weighted by atomic mass is 32.2. The summed E-state index contributed by atoms with van der Waals surface area (Å²) in [5.41, 5.74) is 8.93. The average Bonchev–Trinajstić information content (AvgIpc) is 2.18. The van der Waals surface area contributed by atoms with Crippen LogP contribution < -0.4 is 5.73 Å². The van der Waals surface area contributed by atoms with Crippen molar-refractivity contribution in [2.24, 2.45) is 11.7 Å². The van der Waals surface area contributed by atoms with Gasteiger partial charge in [0.1, 0.15) is 0 Å². The van der Waals surface area contributed by atoms with Crippen LogP contribution in [0, 0.1) is 5.92 Å². The van der Waals surface area contributed by atoms with Crippen LogP contribution in [0.3, 0.4) is 0 Å². The molecule has 0 fully saturated rings. The van der Waals surface area contributed by atoms with Crippen LogP contribution in [0.5, 0.6) is 0 Å². The molecule has 82 valence electrons. The average molecular weight is 221 g/mol. The number of benzene rings is 1. The van der Waals surface area contributed by atoms with Crippen molar-refractivity contribution in [2.75, 3.05) is 5.75 Å². The van der Waals surface area contributed by atoms with Gasteiger partial charge in [-0.1, -0.05) is 26.0 Å². The minimum absolute atomic E-state index is 0.258. The van der Waals surface area contributed by atoms with E-state index in [2.05, 4.69) is 32.0 Å². The first-order valence-electron chi connectivity index (χ1n) is 5.68. The lowest BCUT2D eigenvalue weighted by atomic mass is 9.97. The predicted octanol–water partition coefficient (Wildman–Crippen LogP) is 3.38. The van der Waals surface area contributed by atoms with E-state index in [4.69, 9.17) is 5.73 Å². The molecule has 1 aliphatic rings. The van der Waals surface area contributed by atoms with Crippen LogP contribution in [-0.2, 0) is 6.42 Å². The van der Waals surface area contributed by atoms with E-state index in [1.54, 1.807) is 0 Å². The second kappa shape index (κ2) is 4.58. The van der Waals surface area contributed by atoms with Crippen molar-refractivity contribution >= 4 is 11.8 Å². The van der Waals surface area contributed by atoms with Gasteiger partial charge < -0.3 is 5.73 Å². The summed E-state index contributed by atoms with van der Waals surface area (Å²) >= 11 is 1.94. The zero-order valence-corrected chi connectivity index (χ0v) is 10.3. The number of thioether (sulfide) groups is 1. The molecule has 0 saturated carbocycles. The van der Waals surface area contributed by atoms with E-state index in [1.165, 1.54) is 16.0 Å². The van der Waals surface area contributed by atoms with Crippen molar-refractivity contribution in [2.45, 2.75) is 37.6 Å². The van der Waals surface area contributed by atoms with E-state index < -0.39 is 0 Å². The van der Waals surface area contributed by atoms with E-state index in [1.807, 2.05) is 11.8 Å². The molecule has 1 aliphatic heterocycles. The normalized spacial score (nSPS) is 20.4. The van der Waals surface area contributed by atoms with Gasteiger partial charge in [-0.15, -0.1) is 11.8 Å². The van der Waals surface area contributed by atoms with Gasteiger partial charge in [-0.3, -0.25) is 0 Å². The molecule has 0 saturated heterocycles. The molecule has 2 rings (SSSR count). The van der Waals surface area contributed by atoms with Gasteiger partial charge in [0.15, 0.2) is 0 Å². The SMILES string of the molecule is CC(C)Cc1ccc2c(c1)C(N)CCS2. The molecule has 1 nitrogen and oxygen atoms in total. The Balaban J connectivity index is 2.27. The van der Waals surface area contributed by atoms with Gasteiger partial charge in [0.2, 0.25) is 0 Å². The third-order valence-corrected chi connectivity index (χ3v) is 3.93. The van der Waals surface area contributed by atoms with E-state index in [0.29, 0.717) is 0 Å². The van der Waals surface area contributed by atoms with Crippen LogP contribution in [0.15, 0.2) is 23.1 Å². The fraction of sp³-hybridized carbons (Fsp3) is 0.538. The van der Waals surface area contributed by atoms with Gasteiger partial charge in [0, 0.05) is 10.9 Å². The Hall–Kier alpha value is -0.470. The summed E-state index contributed by atoms with van der Waals surface area (Å²) in [4.78, 5) is 1.39. The Bertz CT molecular complexity index is 346. The highest BCUT2D eigenvalue weighted by Gasteiger charge is 2.17. The van der Waals surface area contributed by atoms with Crippen LogP contribution in [0.4, 0.5) is 0 Å². The van der Waals surface area contributed by atoms with E-state index in [-0.39, 0.29) is 6.04 Å². The van der Waals surface area contributed by atoms with Crippen LogP contribution in [-0.4, -0.2) is 5.75 Å². The summed E-state index contributed by atoms with van der Waals surface area (Å²) in [5.74, 6) is 1.88. The molecule has 1 atom stereocenters. The molecule has 0 radical (unpaired) electrons. The number of nitrogens with two attached hydrogens (primary N) is 1. The zero-order valence-electron chi connectivity index (χ0n) is 9.49. The van der Waals surface area contributed by atoms with Gasteiger partial charge in [0.05, 0.1) is 0 Å². The van der Waals surface area contributed by atoms with E-state index >= 15 is 0 Å². The van der Waals surface area contributed by atoms with Gasteiger partial charge in [-0.05, 0) is 41.7 Å². The lowest BCUT2D eigenvalue weighted by Crippen LogP contribution is -2.16. The molecule has 1 aromatic rings. The fourth-order valence-corrected chi connectivity index (χ4v) is 3.20. The minimum atomic E-state index is 0.258. The predicted molar refractivity (Wildman–Crippen MR) is 67.3 cm³/mol. The van der Waals surface area contributed by atoms with Gasteiger partial charge >= 0.3 is 0 Å². The van der Waals surface area contributed by atoms with Crippen molar-refractivity contribution in [3.63, 3.8) is 0 Å². The lowest BCUT2D eigenvalue weighted by molar-refractivity contribution is 0.639. The van der Waals surface area contributed by atoms with Crippen LogP contribution >= 0.6 is 11.8 Å². The van der Waals surface area contributed by atoms with Crippen molar-refractivity contribution in [1.82, 2.24) is 0 Å². The highest BCUT2D eigenvalue weighted by Crippen LogP contribution is 2.35. The molecule has 15 heavy (non-hydrogen) atoms. The maximum atomic E-state index is 6.13. The Morgan fingerprint density at radius 1 is 1.47 bits per heavy atom. The summed E-state index contributed by atoms with van der Waals surface area (Å²) in [6, 6.07) is 7.07. The second-order valence-electron chi connectivity index (χ2n) is 4.71. The van der Waals surface area contributed by atoms with Crippen molar-refractivity contribution < 1.29 is 0 Å². The molecule has 0 amide bonds. The van der Waals surface area contributed by atoms with Crippen LogP contribution in [0.2, 0.25) is 0 Å². The Morgan fingerprint density at radius 3 is 3.00 bits per heavy atom. The number of rotatable bonds is 2. The maximum absolute atomic E-state index is 6.13. The van der Waals surface area contributed by atoms with E-state index in [9.17, 15) is 0 Å². The Labute approximate surface area is 96.4 Å².